The summed E-state index contributed by atoms with van der Waals surface area (Å²) in [7, 11) is 0. The highest BCUT2D eigenvalue weighted by molar-refractivity contribution is 5.85. The monoisotopic (exact) mass is 550 g/mol. The number of nitrogens with one attached hydrogen (secondary N) is 2. The first-order chi connectivity index (χ1) is 18.9. The van der Waals surface area contributed by atoms with E-state index in [2.05, 4.69) is 29.5 Å². The second kappa shape index (κ2) is 15.1. The van der Waals surface area contributed by atoms with Crippen LogP contribution < -0.4 is 10.8 Å². The Morgan fingerprint density at radius 3 is 1.90 bits per heavy atom. The number of amides is 1. The van der Waals surface area contributed by atoms with E-state index >= 15 is 0 Å². The number of hydroxylamine groups is 1. The molecule has 0 aliphatic heterocycles. The van der Waals surface area contributed by atoms with Gasteiger partial charge >= 0.3 is 5.97 Å². The average molecular weight is 551 g/mol. The minimum Gasteiger partial charge on any atom is -0.481 e. The van der Waals surface area contributed by atoms with Gasteiger partial charge < -0.3 is 15.3 Å². The molecule has 1 amide bonds. The van der Waals surface area contributed by atoms with E-state index in [0.29, 0.717) is 61.7 Å². The lowest BCUT2D eigenvalue weighted by atomic mass is 9.70. The van der Waals surface area contributed by atoms with E-state index in [1.807, 2.05) is 0 Å². The molecular weight excluding hydrogens is 496 g/mol. The number of hydrogen-bond acceptors (Lipinski definition) is 6. The second-order valence-electron chi connectivity index (χ2n) is 13.6. The van der Waals surface area contributed by atoms with Gasteiger partial charge in [-0.2, -0.15) is 5.48 Å². The molecule has 0 aromatic carbocycles. The molecule has 0 heterocycles. The summed E-state index contributed by atoms with van der Waals surface area (Å²) in [6, 6.07) is 0.575. The van der Waals surface area contributed by atoms with E-state index in [9.17, 15) is 14.7 Å². The lowest BCUT2D eigenvalue weighted by Gasteiger charge is -2.40. The van der Waals surface area contributed by atoms with Gasteiger partial charge in [0.25, 0.3) is 0 Å². The first-order valence-electron chi connectivity index (χ1n) is 16.0. The molecule has 4 saturated carbocycles. The van der Waals surface area contributed by atoms with Crippen LogP contribution in [-0.4, -0.2) is 47.5 Å². The molecule has 0 radical (unpaired) electrons. The molecule has 0 aromatic heterocycles. The van der Waals surface area contributed by atoms with E-state index in [0.717, 1.165) is 57.3 Å². The maximum absolute atomic E-state index is 13.0. The lowest BCUT2D eigenvalue weighted by Crippen LogP contribution is -2.48. The van der Waals surface area contributed by atoms with Gasteiger partial charge in [-0.3, -0.25) is 14.8 Å². The third-order valence-corrected chi connectivity index (χ3v) is 10.9. The molecule has 10 atom stereocenters. The third kappa shape index (κ3) is 8.64. The van der Waals surface area contributed by atoms with Crippen LogP contribution in [0, 0.1) is 47.3 Å². The molecule has 0 saturated heterocycles. The minimum atomic E-state index is -0.816. The topological polar surface area (TPSA) is 117 Å². The number of carbonyl (C=O) groups is 2. The van der Waals surface area contributed by atoms with Gasteiger partial charge in [0.15, 0.2) is 0 Å². The number of carbonyl (C=O) groups excluding carboxylic acids is 1. The number of carboxylic acids is 1. The Labute approximate surface area is 235 Å². The molecule has 4 rings (SSSR count). The van der Waals surface area contributed by atoms with Crippen LogP contribution in [0.25, 0.3) is 0 Å². The molecule has 8 nitrogen and oxygen atoms in total. The highest BCUT2D eigenvalue weighted by Crippen LogP contribution is 2.40. The predicted molar refractivity (Wildman–Crippen MR) is 150 cm³/mol. The van der Waals surface area contributed by atoms with Crippen molar-refractivity contribution in [2.24, 2.45) is 47.3 Å². The van der Waals surface area contributed by atoms with Gasteiger partial charge in [0.1, 0.15) is 0 Å². The Bertz CT molecular complexity index is 778. The molecule has 224 valence electrons. The summed E-state index contributed by atoms with van der Waals surface area (Å²) in [5.74, 6) is 1.59. The number of hydrogen-bond donors (Lipinski definition) is 4. The fourth-order valence-electron chi connectivity index (χ4n) is 8.42. The smallest absolute Gasteiger partial charge is 0.307 e. The molecule has 0 spiro atoms. The Balaban J connectivity index is 1.15. The fraction of sp³-hybridized carbons (Fsp3) is 0.935. The van der Waals surface area contributed by atoms with Crippen molar-refractivity contribution in [2.45, 2.75) is 122 Å². The van der Waals surface area contributed by atoms with Crippen molar-refractivity contribution < 1.29 is 29.7 Å². The van der Waals surface area contributed by atoms with Crippen molar-refractivity contribution in [1.82, 2.24) is 10.8 Å². The molecule has 0 bridgehead atoms. The number of rotatable bonds is 11. The van der Waals surface area contributed by atoms with Crippen LogP contribution in [0.5, 0.6) is 0 Å². The van der Waals surface area contributed by atoms with E-state index in [1.54, 1.807) is 0 Å². The molecule has 4 aliphatic carbocycles. The van der Waals surface area contributed by atoms with Crippen molar-refractivity contribution in [3.05, 3.63) is 0 Å². The molecule has 10 unspecified atom stereocenters. The Hall–Kier alpha value is -1.22. The summed E-state index contributed by atoms with van der Waals surface area (Å²) in [5, 5.41) is 21.7. The summed E-state index contributed by atoms with van der Waals surface area (Å²) in [6.45, 7) is 5.71. The van der Waals surface area contributed by atoms with Gasteiger partial charge in [-0.15, -0.1) is 0 Å². The molecule has 0 aromatic rings. The van der Waals surface area contributed by atoms with Gasteiger partial charge in [0.2, 0.25) is 5.91 Å². The quantitative estimate of drug-likeness (QED) is 0.189. The van der Waals surface area contributed by atoms with Crippen molar-refractivity contribution in [3.8, 4) is 0 Å². The third-order valence-electron chi connectivity index (χ3n) is 10.9. The Morgan fingerprint density at radius 1 is 0.744 bits per heavy atom. The summed E-state index contributed by atoms with van der Waals surface area (Å²) in [4.78, 5) is 35.1. The zero-order chi connectivity index (χ0) is 27.8. The largest absolute Gasteiger partial charge is 0.481 e. The van der Waals surface area contributed by atoms with Crippen LogP contribution in [-0.2, 0) is 19.3 Å². The maximum atomic E-state index is 13.0. The van der Waals surface area contributed by atoms with Crippen molar-refractivity contribution in [3.63, 3.8) is 0 Å². The first kappa shape index (κ1) is 30.7. The van der Waals surface area contributed by atoms with Crippen LogP contribution in [0.4, 0.5) is 0 Å². The number of carboxylic acid groups (broad SMARTS) is 1. The van der Waals surface area contributed by atoms with E-state index in [-0.39, 0.29) is 17.9 Å². The molecule has 8 heteroatoms. The van der Waals surface area contributed by atoms with Crippen molar-refractivity contribution >= 4 is 11.9 Å². The van der Waals surface area contributed by atoms with Crippen molar-refractivity contribution in [1.29, 1.82) is 0 Å². The van der Waals surface area contributed by atoms with Crippen molar-refractivity contribution in [2.75, 3.05) is 13.2 Å². The van der Waals surface area contributed by atoms with Gasteiger partial charge in [0, 0.05) is 12.1 Å². The summed E-state index contributed by atoms with van der Waals surface area (Å²) >= 11 is 0. The normalized spacial score (nSPS) is 39.7. The van der Waals surface area contributed by atoms with E-state index in [4.69, 9.17) is 10.1 Å². The molecular formula is C31H54N2O6. The fourth-order valence-corrected chi connectivity index (χ4v) is 8.42. The SMILES string of the molecule is CC1CC(CC2CCC(NC(=O)C3CCCCC3C(=O)O)C(C)C2)CCC1NOCC1CCCCC1COO. The van der Waals surface area contributed by atoms with Gasteiger partial charge in [0.05, 0.1) is 25.0 Å². The highest BCUT2D eigenvalue weighted by atomic mass is 17.1. The second-order valence-corrected chi connectivity index (χ2v) is 13.6. The van der Waals surface area contributed by atoms with Crippen LogP contribution >= 0.6 is 0 Å². The lowest BCUT2D eigenvalue weighted by molar-refractivity contribution is -0.256. The standard InChI is InChI=1S/C31H54N2O6/c1-20-15-22(11-13-28(20)32-30(34)26-9-5-6-10-27(26)31(35)36)17-23-12-14-29(21(2)16-23)33-38-18-24-7-3-4-8-25(24)19-39-37/h20-29,33,37H,3-19H2,1-2H3,(H,32,34)(H,35,36). The predicted octanol–water partition coefficient (Wildman–Crippen LogP) is 5.81. The molecule has 4 fully saturated rings. The summed E-state index contributed by atoms with van der Waals surface area (Å²) in [6.07, 6.45) is 16.1. The Morgan fingerprint density at radius 2 is 1.31 bits per heavy atom. The zero-order valence-electron chi connectivity index (χ0n) is 24.3. The van der Waals surface area contributed by atoms with Crippen LogP contribution in [0.3, 0.4) is 0 Å². The maximum Gasteiger partial charge on any atom is 0.307 e. The zero-order valence-corrected chi connectivity index (χ0v) is 24.3. The van der Waals surface area contributed by atoms with Crippen LogP contribution in [0.2, 0.25) is 0 Å². The number of aliphatic carboxylic acids is 1. The molecule has 4 aliphatic rings. The van der Waals surface area contributed by atoms with Gasteiger partial charge in [-0.1, -0.05) is 39.5 Å². The highest BCUT2D eigenvalue weighted by Gasteiger charge is 2.38. The van der Waals surface area contributed by atoms with Crippen LogP contribution in [0.15, 0.2) is 0 Å². The molecule has 4 N–H and O–H groups in total. The summed E-state index contributed by atoms with van der Waals surface area (Å²) in [5.41, 5.74) is 3.39. The van der Waals surface area contributed by atoms with E-state index < -0.39 is 11.9 Å². The van der Waals surface area contributed by atoms with E-state index in [1.165, 1.54) is 32.1 Å². The molecule has 39 heavy (non-hydrogen) atoms. The minimum absolute atomic E-state index is 0.0278. The van der Waals surface area contributed by atoms with Gasteiger partial charge in [-0.05, 0) is 106 Å². The summed E-state index contributed by atoms with van der Waals surface area (Å²) < 4.78 is 0. The van der Waals surface area contributed by atoms with Gasteiger partial charge in [-0.25, -0.2) is 4.89 Å². The van der Waals surface area contributed by atoms with Crippen LogP contribution in [0.1, 0.15) is 110 Å². The Kier molecular flexibility index (Phi) is 11.9. The average Bonchev–Trinajstić information content (AvgIpc) is 2.92. The first-order valence-corrected chi connectivity index (χ1v) is 16.0.